The summed E-state index contributed by atoms with van der Waals surface area (Å²) in [6, 6.07) is 8.28. The van der Waals surface area contributed by atoms with Crippen molar-refractivity contribution in [2.75, 3.05) is 13.6 Å². The van der Waals surface area contributed by atoms with E-state index in [2.05, 4.69) is 23.3 Å². The molecule has 4 nitrogen and oxygen atoms in total. The molecule has 0 saturated heterocycles. The fourth-order valence-corrected chi connectivity index (χ4v) is 2.81. The molecule has 0 fully saturated rings. The molecule has 1 aromatic carbocycles. The topological polar surface area (TPSA) is 45.2 Å². The minimum absolute atomic E-state index is 0.0343. The zero-order chi connectivity index (χ0) is 14.7. The van der Waals surface area contributed by atoms with Gasteiger partial charge in [-0.3, -0.25) is 0 Å². The molecule has 2 amide bonds. The average Bonchev–Trinajstić information content (AvgIpc) is 2.87. The quantitative estimate of drug-likeness (QED) is 0.937. The molecule has 20 heavy (non-hydrogen) atoms. The summed E-state index contributed by atoms with van der Waals surface area (Å²) >= 11 is 1.70. The van der Waals surface area contributed by atoms with Crippen molar-refractivity contribution in [1.82, 2.24) is 15.2 Å². The summed E-state index contributed by atoms with van der Waals surface area (Å²) in [6.07, 6.45) is 0. The number of thiazole rings is 1. The molecule has 2 aromatic rings. The maximum absolute atomic E-state index is 11.9. The van der Waals surface area contributed by atoms with Crippen molar-refractivity contribution < 1.29 is 4.79 Å². The Morgan fingerprint density at radius 2 is 2.05 bits per heavy atom. The first-order valence-corrected chi connectivity index (χ1v) is 7.66. The molecule has 0 bridgehead atoms. The number of hydrogen-bond acceptors (Lipinski definition) is 3. The van der Waals surface area contributed by atoms with Crippen LogP contribution in [0.3, 0.4) is 0 Å². The van der Waals surface area contributed by atoms with Crippen LogP contribution >= 0.6 is 11.3 Å². The van der Waals surface area contributed by atoms with E-state index in [0.717, 1.165) is 10.5 Å². The number of nitrogens with zero attached hydrogens (tertiary/aromatic N) is 2. The van der Waals surface area contributed by atoms with Gasteiger partial charge < -0.3 is 10.2 Å². The summed E-state index contributed by atoms with van der Waals surface area (Å²) in [7, 11) is 1.81. The molecule has 0 aliphatic rings. The second-order valence-corrected chi connectivity index (χ2v) is 6.37. The Kier molecular flexibility index (Phi) is 4.60. The molecule has 0 aliphatic carbocycles. The Labute approximate surface area is 123 Å². The maximum atomic E-state index is 11.9. The molecular formula is C15H21N3OS. The number of benzene rings is 1. The number of aromatic nitrogens is 1. The van der Waals surface area contributed by atoms with Gasteiger partial charge in [-0.1, -0.05) is 19.1 Å². The highest BCUT2D eigenvalue weighted by atomic mass is 32.1. The lowest BCUT2D eigenvalue weighted by Gasteiger charge is -2.22. The molecule has 1 N–H and O–H groups in total. The minimum atomic E-state index is -0.0343. The van der Waals surface area contributed by atoms with Gasteiger partial charge in [0.15, 0.2) is 0 Å². The second kappa shape index (κ2) is 6.22. The summed E-state index contributed by atoms with van der Waals surface area (Å²) in [4.78, 5) is 18.2. The predicted octanol–water partition coefficient (Wildman–Crippen LogP) is 3.45. The van der Waals surface area contributed by atoms with Crippen LogP contribution in [-0.4, -0.2) is 35.5 Å². The minimum Gasteiger partial charge on any atom is -0.337 e. The van der Waals surface area contributed by atoms with Gasteiger partial charge in [-0.15, -0.1) is 11.3 Å². The van der Waals surface area contributed by atoms with Crippen LogP contribution in [0.25, 0.3) is 10.2 Å². The number of fused-ring (bicyclic) bond motifs is 1. The largest absolute Gasteiger partial charge is 0.337 e. The van der Waals surface area contributed by atoms with Gasteiger partial charge >= 0.3 is 6.03 Å². The number of para-hydroxylation sites is 1. The van der Waals surface area contributed by atoms with Crippen LogP contribution in [0, 0.1) is 0 Å². The first-order valence-electron chi connectivity index (χ1n) is 6.85. The molecule has 108 valence electrons. The Morgan fingerprint density at radius 3 is 2.70 bits per heavy atom. The molecule has 5 heteroatoms. The summed E-state index contributed by atoms with van der Waals surface area (Å²) < 4.78 is 1.19. The molecule has 2 rings (SSSR count). The lowest BCUT2D eigenvalue weighted by Crippen LogP contribution is -2.42. The lowest BCUT2D eigenvalue weighted by molar-refractivity contribution is 0.197. The van der Waals surface area contributed by atoms with Crippen molar-refractivity contribution in [1.29, 1.82) is 0 Å². The van der Waals surface area contributed by atoms with Gasteiger partial charge in [-0.25, -0.2) is 9.78 Å². The van der Waals surface area contributed by atoms with Crippen molar-refractivity contribution >= 4 is 27.6 Å². The Hall–Kier alpha value is -1.62. The van der Waals surface area contributed by atoms with Crippen LogP contribution in [0.15, 0.2) is 24.3 Å². The van der Waals surface area contributed by atoms with Gasteiger partial charge in [-0.05, 0) is 26.0 Å². The predicted molar refractivity (Wildman–Crippen MR) is 84.3 cm³/mol. The monoisotopic (exact) mass is 291 g/mol. The van der Waals surface area contributed by atoms with E-state index >= 15 is 0 Å². The first-order chi connectivity index (χ1) is 9.49. The van der Waals surface area contributed by atoms with Crippen LogP contribution in [-0.2, 0) is 0 Å². The van der Waals surface area contributed by atoms with Crippen LogP contribution in [0.5, 0.6) is 0 Å². The van der Waals surface area contributed by atoms with Gasteiger partial charge in [0.05, 0.1) is 15.2 Å². The van der Waals surface area contributed by atoms with E-state index in [1.165, 1.54) is 4.70 Å². The number of carbonyl (C=O) groups excluding carboxylic acids is 1. The molecule has 1 heterocycles. The standard InChI is InChI=1S/C15H21N3OS/c1-10(2)18(4)15(19)16-9-11(3)14-17-12-7-5-6-8-13(12)20-14/h5-8,10-11H,9H2,1-4H3,(H,16,19)/t11-/m0/s1. The molecule has 1 aromatic heterocycles. The van der Waals surface area contributed by atoms with E-state index in [1.807, 2.05) is 39.1 Å². The van der Waals surface area contributed by atoms with Crippen LogP contribution in [0.1, 0.15) is 31.7 Å². The molecule has 0 saturated carbocycles. The highest BCUT2D eigenvalue weighted by Gasteiger charge is 2.15. The Balaban J connectivity index is 1.98. The number of amides is 2. The van der Waals surface area contributed by atoms with Crippen LogP contribution in [0.4, 0.5) is 4.79 Å². The molecule has 1 atom stereocenters. The molecule has 0 unspecified atom stereocenters. The van der Waals surface area contributed by atoms with E-state index in [-0.39, 0.29) is 18.0 Å². The zero-order valence-electron chi connectivity index (χ0n) is 12.4. The Morgan fingerprint density at radius 1 is 1.35 bits per heavy atom. The number of rotatable bonds is 4. The van der Waals surface area contributed by atoms with Crippen LogP contribution in [0.2, 0.25) is 0 Å². The number of carbonyl (C=O) groups is 1. The average molecular weight is 291 g/mol. The second-order valence-electron chi connectivity index (χ2n) is 5.31. The van der Waals surface area contributed by atoms with E-state index in [9.17, 15) is 4.79 Å². The molecule has 0 radical (unpaired) electrons. The van der Waals surface area contributed by atoms with Gasteiger partial charge in [-0.2, -0.15) is 0 Å². The highest BCUT2D eigenvalue weighted by molar-refractivity contribution is 7.18. The molecule has 0 aliphatic heterocycles. The summed E-state index contributed by atoms with van der Waals surface area (Å²) in [5.74, 6) is 0.219. The van der Waals surface area contributed by atoms with Crippen LogP contribution < -0.4 is 5.32 Å². The Bertz CT molecular complexity index is 561. The van der Waals surface area contributed by atoms with Gasteiger partial charge in [0.25, 0.3) is 0 Å². The molecule has 0 spiro atoms. The molecular weight excluding hydrogens is 270 g/mol. The highest BCUT2D eigenvalue weighted by Crippen LogP contribution is 2.26. The number of urea groups is 1. The van der Waals surface area contributed by atoms with Gasteiger partial charge in [0.2, 0.25) is 0 Å². The summed E-state index contributed by atoms with van der Waals surface area (Å²) in [5, 5.41) is 4.03. The maximum Gasteiger partial charge on any atom is 0.317 e. The normalized spacial score (nSPS) is 12.7. The van der Waals surface area contributed by atoms with Crippen molar-refractivity contribution in [2.24, 2.45) is 0 Å². The third-order valence-corrected chi connectivity index (χ3v) is 4.65. The third-order valence-electron chi connectivity index (χ3n) is 3.39. The van der Waals surface area contributed by atoms with E-state index in [4.69, 9.17) is 0 Å². The summed E-state index contributed by atoms with van der Waals surface area (Å²) in [5.41, 5.74) is 1.03. The van der Waals surface area contributed by atoms with Crippen molar-refractivity contribution in [3.8, 4) is 0 Å². The number of nitrogens with one attached hydrogen (secondary N) is 1. The smallest absolute Gasteiger partial charge is 0.317 e. The first kappa shape index (κ1) is 14.8. The fraction of sp³-hybridized carbons (Fsp3) is 0.467. The fourth-order valence-electron chi connectivity index (χ4n) is 1.79. The lowest BCUT2D eigenvalue weighted by atomic mass is 10.2. The van der Waals surface area contributed by atoms with E-state index in [0.29, 0.717) is 6.54 Å². The van der Waals surface area contributed by atoms with Crippen molar-refractivity contribution in [3.05, 3.63) is 29.3 Å². The van der Waals surface area contributed by atoms with Gasteiger partial charge in [0, 0.05) is 25.6 Å². The number of hydrogen-bond donors (Lipinski definition) is 1. The van der Waals surface area contributed by atoms with E-state index in [1.54, 1.807) is 16.2 Å². The SMILES string of the molecule is CC(C)N(C)C(=O)NC[C@H](C)c1nc2ccccc2s1. The summed E-state index contributed by atoms with van der Waals surface area (Å²) in [6.45, 7) is 6.69. The third kappa shape index (κ3) is 3.28. The van der Waals surface area contributed by atoms with Crippen molar-refractivity contribution in [2.45, 2.75) is 32.7 Å². The zero-order valence-corrected chi connectivity index (χ0v) is 13.2. The van der Waals surface area contributed by atoms with Gasteiger partial charge in [0.1, 0.15) is 0 Å². The van der Waals surface area contributed by atoms with E-state index < -0.39 is 0 Å². The van der Waals surface area contributed by atoms with Crippen molar-refractivity contribution in [3.63, 3.8) is 0 Å².